The van der Waals surface area contributed by atoms with Gasteiger partial charge in [-0.25, -0.2) is 4.98 Å². The van der Waals surface area contributed by atoms with Crippen molar-refractivity contribution in [3.05, 3.63) is 40.2 Å². The summed E-state index contributed by atoms with van der Waals surface area (Å²) in [4.78, 5) is 5.38. The molecule has 1 aromatic carbocycles. The Labute approximate surface area is 120 Å². The van der Waals surface area contributed by atoms with Gasteiger partial charge in [0, 0.05) is 15.4 Å². The first kappa shape index (κ1) is 13.6. The summed E-state index contributed by atoms with van der Waals surface area (Å²) in [7, 11) is 1.96. The smallest absolute Gasteiger partial charge is 0.260 e. The van der Waals surface area contributed by atoms with Crippen LogP contribution in [0.25, 0.3) is 0 Å². The van der Waals surface area contributed by atoms with Crippen LogP contribution in [0, 0.1) is 6.92 Å². The first-order valence-corrected chi connectivity index (χ1v) is 7.28. The lowest BCUT2D eigenvalue weighted by Gasteiger charge is -2.12. The van der Waals surface area contributed by atoms with E-state index < -0.39 is 0 Å². The van der Waals surface area contributed by atoms with Crippen LogP contribution in [-0.2, 0) is 0 Å². The van der Waals surface area contributed by atoms with Gasteiger partial charge in [0.15, 0.2) is 0 Å². The fourth-order valence-corrected chi connectivity index (χ4v) is 2.91. The highest BCUT2D eigenvalue weighted by atomic mass is 79.9. The van der Waals surface area contributed by atoms with Crippen molar-refractivity contribution in [3.8, 4) is 0 Å². The Balaban J connectivity index is 2.19. The molecular weight excluding hydrogens is 312 g/mol. The number of aromatic nitrogens is 1. The average molecular weight is 327 g/mol. The van der Waals surface area contributed by atoms with Crippen LogP contribution in [0.1, 0.15) is 24.2 Å². The highest BCUT2D eigenvalue weighted by Gasteiger charge is 2.10. The Hall–Kier alpha value is -0.780. The Morgan fingerprint density at radius 2 is 2.22 bits per heavy atom. The molecule has 0 aliphatic carbocycles. The van der Waals surface area contributed by atoms with Gasteiger partial charge < -0.3 is 9.73 Å². The van der Waals surface area contributed by atoms with Gasteiger partial charge in [-0.15, -0.1) is 0 Å². The van der Waals surface area contributed by atoms with E-state index in [1.54, 1.807) is 6.26 Å². The summed E-state index contributed by atoms with van der Waals surface area (Å²) >= 11 is 5.11. The van der Waals surface area contributed by atoms with E-state index in [1.165, 1.54) is 17.3 Å². The maximum absolute atomic E-state index is 5.34. The normalized spacial score (nSPS) is 12.7. The number of hydrogen-bond donors (Lipinski definition) is 1. The molecule has 0 spiro atoms. The van der Waals surface area contributed by atoms with Gasteiger partial charge in [-0.3, -0.25) is 0 Å². The predicted octanol–water partition coefficient (Wildman–Crippen LogP) is 4.18. The fraction of sp³-hybridized carbons (Fsp3) is 0.308. The predicted molar refractivity (Wildman–Crippen MR) is 77.0 cm³/mol. The number of oxazole rings is 1. The van der Waals surface area contributed by atoms with Crippen molar-refractivity contribution in [3.63, 3.8) is 0 Å². The average Bonchev–Trinajstić information content (AvgIpc) is 2.76. The molecule has 0 fully saturated rings. The minimum absolute atomic E-state index is 0.337. The van der Waals surface area contributed by atoms with E-state index in [0.29, 0.717) is 11.3 Å². The molecule has 0 saturated carbocycles. The van der Waals surface area contributed by atoms with Crippen molar-refractivity contribution in [2.45, 2.75) is 30.0 Å². The van der Waals surface area contributed by atoms with Crippen molar-refractivity contribution in [1.29, 1.82) is 0 Å². The fourth-order valence-electron chi connectivity index (χ4n) is 1.51. The largest absolute Gasteiger partial charge is 0.439 e. The summed E-state index contributed by atoms with van der Waals surface area (Å²) in [6.45, 7) is 4.05. The van der Waals surface area contributed by atoms with Crippen LogP contribution >= 0.6 is 27.7 Å². The zero-order valence-electron chi connectivity index (χ0n) is 10.5. The molecule has 0 amide bonds. The van der Waals surface area contributed by atoms with E-state index in [9.17, 15) is 0 Å². The van der Waals surface area contributed by atoms with Crippen LogP contribution in [0.3, 0.4) is 0 Å². The highest BCUT2D eigenvalue weighted by Crippen LogP contribution is 2.34. The Morgan fingerprint density at radius 1 is 1.44 bits per heavy atom. The molecule has 0 aliphatic heterocycles. The van der Waals surface area contributed by atoms with Crippen molar-refractivity contribution in [2.24, 2.45) is 0 Å². The summed E-state index contributed by atoms with van der Waals surface area (Å²) in [6, 6.07) is 6.66. The maximum atomic E-state index is 5.34. The van der Waals surface area contributed by atoms with Gasteiger partial charge in [-0.2, -0.15) is 0 Å². The Morgan fingerprint density at radius 3 is 2.78 bits per heavy atom. The van der Waals surface area contributed by atoms with Crippen LogP contribution in [-0.4, -0.2) is 12.0 Å². The molecule has 2 aromatic rings. The quantitative estimate of drug-likeness (QED) is 0.914. The molecule has 1 atom stereocenters. The molecule has 5 heteroatoms. The molecule has 2 rings (SSSR count). The number of hydrogen-bond acceptors (Lipinski definition) is 4. The van der Waals surface area contributed by atoms with Crippen LogP contribution in [0.15, 0.2) is 43.5 Å². The second-order valence-electron chi connectivity index (χ2n) is 4.06. The summed E-state index contributed by atoms with van der Waals surface area (Å²) in [5.41, 5.74) is 2.14. The van der Waals surface area contributed by atoms with Gasteiger partial charge in [-0.05, 0) is 66.3 Å². The minimum atomic E-state index is 0.337. The summed E-state index contributed by atoms with van der Waals surface area (Å²) < 4.78 is 6.40. The van der Waals surface area contributed by atoms with Crippen LogP contribution < -0.4 is 5.32 Å². The van der Waals surface area contributed by atoms with Gasteiger partial charge in [0.05, 0.1) is 5.69 Å². The summed E-state index contributed by atoms with van der Waals surface area (Å²) in [5.74, 6) is 0. The topological polar surface area (TPSA) is 38.1 Å². The molecule has 0 radical (unpaired) electrons. The van der Waals surface area contributed by atoms with Crippen LogP contribution in [0.5, 0.6) is 0 Å². The zero-order chi connectivity index (χ0) is 13.1. The molecule has 3 nitrogen and oxygen atoms in total. The highest BCUT2D eigenvalue weighted by molar-refractivity contribution is 9.10. The molecule has 0 saturated heterocycles. The third-order valence-electron chi connectivity index (χ3n) is 2.68. The Kier molecular flexibility index (Phi) is 4.48. The number of nitrogens with one attached hydrogen (secondary N) is 1. The summed E-state index contributed by atoms with van der Waals surface area (Å²) in [6.07, 6.45) is 1.66. The monoisotopic (exact) mass is 326 g/mol. The zero-order valence-corrected chi connectivity index (χ0v) is 12.9. The molecule has 1 N–H and O–H groups in total. The molecule has 96 valence electrons. The number of aryl methyl sites for hydroxylation is 1. The number of benzene rings is 1. The van der Waals surface area contributed by atoms with Crippen molar-refractivity contribution in [2.75, 3.05) is 7.05 Å². The molecule has 0 bridgehead atoms. The van der Waals surface area contributed by atoms with Crippen LogP contribution in [0.2, 0.25) is 0 Å². The standard InChI is InChI=1S/C13H15BrN2OS/c1-8-7-17-13(16-8)18-12-5-4-10(6-11(12)14)9(2)15-3/h4-7,9,15H,1-3H3. The van der Waals surface area contributed by atoms with Crippen molar-refractivity contribution >= 4 is 27.7 Å². The van der Waals surface area contributed by atoms with Gasteiger partial charge >= 0.3 is 0 Å². The SMILES string of the molecule is CNC(C)c1ccc(Sc2nc(C)co2)c(Br)c1. The van der Waals surface area contributed by atoms with E-state index in [2.05, 4.69) is 51.4 Å². The molecular formula is C13H15BrN2OS. The van der Waals surface area contributed by atoms with E-state index in [0.717, 1.165) is 15.1 Å². The van der Waals surface area contributed by atoms with Gasteiger partial charge in [0.2, 0.25) is 0 Å². The van der Waals surface area contributed by atoms with Crippen molar-refractivity contribution < 1.29 is 4.42 Å². The molecule has 0 aliphatic rings. The minimum Gasteiger partial charge on any atom is -0.439 e. The van der Waals surface area contributed by atoms with Crippen LogP contribution in [0.4, 0.5) is 0 Å². The third-order valence-corrected chi connectivity index (χ3v) is 4.54. The summed E-state index contributed by atoms with van der Waals surface area (Å²) in [5, 5.41) is 3.89. The number of rotatable bonds is 4. The second kappa shape index (κ2) is 5.91. The van der Waals surface area contributed by atoms with Gasteiger partial charge in [0.1, 0.15) is 6.26 Å². The number of halogens is 1. The van der Waals surface area contributed by atoms with E-state index in [1.807, 2.05) is 14.0 Å². The van der Waals surface area contributed by atoms with Gasteiger partial charge in [0.25, 0.3) is 5.22 Å². The maximum Gasteiger partial charge on any atom is 0.260 e. The molecule has 1 heterocycles. The van der Waals surface area contributed by atoms with E-state index >= 15 is 0 Å². The van der Waals surface area contributed by atoms with E-state index in [-0.39, 0.29) is 0 Å². The second-order valence-corrected chi connectivity index (χ2v) is 5.90. The lowest BCUT2D eigenvalue weighted by Crippen LogP contribution is -2.12. The van der Waals surface area contributed by atoms with E-state index in [4.69, 9.17) is 4.42 Å². The lowest BCUT2D eigenvalue weighted by atomic mass is 10.1. The van der Waals surface area contributed by atoms with Gasteiger partial charge in [-0.1, -0.05) is 6.07 Å². The first-order valence-electron chi connectivity index (χ1n) is 5.67. The van der Waals surface area contributed by atoms with Crippen molar-refractivity contribution in [1.82, 2.24) is 10.3 Å². The first-order chi connectivity index (χ1) is 8.60. The Bertz CT molecular complexity index is 542. The molecule has 1 unspecified atom stereocenters. The lowest BCUT2D eigenvalue weighted by molar-refractivity contribution is 0.454. The third kappa shape index (κ3) is 3.16. The number of nitrogens with zero attached hydrogens (tertiary/aromatic N) is 1. The molecule has 18 heavy (non-hydrogen) atoms. The molecule has 1 aromatic heterocycles.